The lowest BCUT2D eigenvalue weighted by atomic mass is 10.2. The second kappa shape index (κ2) is 7.81. The van der Waals surface area contributed by atoms with E-state index >= 15 is 0 Å². The lowest BCUT2D eigenvalue weighted by molar-refractivity contribution is -0.138. The topological polar surface area (TPSA) is 71.8 Å². The normalized spacial score (nSPS) is 17.3. The van der Waals surface area contributed by atoms with Crippen LogP contribution in [0.3, 0.4) is 0 Å². The molecule has 126 valence electrons. The van der Waals surface area contributed by atoms with Crippen LogP contribution in [0.25, 0.3) is 6.08 Å². The minimum absolute atomic E-state index is 0.0814. The number of aromatic nitrogens is 1. The number of esters is 1. The first-order valence-electron chi connectivity index (χ1n) is 7.74. The Morgan fingerprint density at radius 3 is 2.68 bits per heavy atom. The highest BCUT2D eigenvalue weighted by Gasteiger charge is 2.33. The SMILES string of the molecule is CCOC(=O)C1=C(O)/C(=C\c2ccccn2)SC1=Nc1ccccc1. The molecule has 0 fully saturated rings. The number of hydrogen-bond donors (Lipinski definition) is 1. The van der Waals surface area contributed by atoms with E-state index < -0.39 is 5.97 Å². The molecule has 1 aliphatic heterocycles. The Bertz CT molecular complexity index is 859. The molecule has 0 amide bonds. The lowest BCUT2D eigenvalue weighted by Crippen LogP contribution is -2.12. The van der Waals surface area contributed by atoms with Gasteiger partial charge < -0.3 is 9.84 Å². The van der Waals surface area contributed by atoms with Crippen LogP contribution in [-0.4, -0.2) is 27.7 Å². The van der Waals surface area contributed by atoms with Crippen LogP contribution in [0.5, 0.6) is 0 Å². The molecule has 5 nitrogen and oxygen atoms in total. The number of aliphatic imine (C=N–C) groups is 1. The van der Waals surface area contributed by atoms with E-state index in [2.05, 4.69) is 9.98 Å². The van der Waals surface area contributed by atoms with Gasteiger partial charge in [0.25, 0.3) is 0 Å². The van der Waals surface area contributed by atoms with Crippen molar-refractivity contribution >= 4 is 34.5 Å². The fraction of sp³-hybridized carbons (Fsp3) is 0.105. The molecule has 0 atom stereocenters. The van der Waals surface area contributed by atoms with Gasteiger partial charge in [-0.2, -0.15) is 0 Å². The summed E-state index contributed by atoms with van der Waals surface area (Å²) in [5.74, 6) is -0.726. The maximum absolute atomic E-state index is 12.3. The second-order valence-electron chi connectivity index (χ2n) is 5.06. The molecule has 0 bridgehead atoms. The molecule has 1 N–H and O–H groups in total. The van der Waals surface area contributed by atoms with E-state index in [1.807, 2.05) is 48.5 Å². The molecule has 1 aliphatic rings. The van der Waals surface area contributed by atoms with Gasteiger partial charge in [0.1, 0.15) is 16.4 Å². The van der Waals surface area contributed by atoms with Crippen LogP contribution in [-0.2, 0) is 9.53 Å². The van der Waals surface area contributed by atoms with E-state index in [0.717, 1.165) is 0 Å². The van der Waals surface area contributed by atoms with Crippen molar-refractivity contribution < 1.29 is 14.6 Å². The van der Waals surface area contributed by atoms with Crippen LogP contribution in [0.2, 0.25) is 0 Å². The molecule has 1 aromatic heterocycles. The Labute approximate surface area is 149 Å². The zero-order chi connectivity index (χ0) is 17.6. The first-order valence-corrected chi connectivity index (χ1v) is 8.56. The first-order chi connectivity index (χ1) is 12.2. The van der Waals surface area contributed by atoms with Crippen LogP contribution in [0, 0.1) is 0 Å². The highest BCUT2D eigenvalue weighted by atomic mass is 32.2. The third kappa shape index (κ3) is 3.97. The molecule has 0 radical (unpaired) electrons. The number of pyridine rings is 1. The third-order valence-corrected chi connectivity index (χ3v) is 4.34. The highest BCUT2D eigenvalue weighted by molar-refractivity contribution is 8.18. The molecular formula is C19H16N2O3S. The summed E-state index contributed by atoms with van der Waals surface area (Å²) < 4.78 is 5.07. The van der Waals surface area contributed by atoms with Gasteiger partial charge in [-0.3, -0.25) is 4.98 Å². The standard InChI is InChI=1S/C19H16N2O3S/c1-2-24-19(23)16-17(22)15(12-14-10-6-7-11-20-14)25-18(16)21-13-8-4-3-5-9-13/h3-12,22H,2H2,1H3/b15-12+,21-18?. The van der Waals surface area contributed by atoms with Crippen LogP contribution >= 0.6 is 11.8 Å². The fourth-order valence-electron chi connectivity index (χ4n) is 2.21. The van der Waals surface area contributed by atoms with Crippen LogP contribution in [0.1, 0.15) is 12.6 Å². The molecule has 0 spiro atoms. The Morgan fingerprint density at radius 1 is 1.24 bits per heavy atom. The Balaban J connectivity index is 2.03. The monoisotopic (exact) mass is 352 g/mol. The van der Waals surface area contributed by atoms with Crippen molar-refractivity contribution in [1.29, 1.82) is 0 Å². The van der Waals surface area contributed by atoms with E-state index in [9.17, 15) is 9.90 Å². The van der Waals surface area contributed by atoms with Crippen LogP contribution < -0.4 is 0 Å². The maximum Gasteiger partial charge on any atom is 0.344 e. The largest absolute Gasteiger partial charge is 0.506 e. The zero-order valence-corrected chi connectivity index (χ0v) is 14.4. The minimum Gasteiger partial charge on any atom is -0.506 e. The van der Waals surface area contributed by atoms with Crippen molar-refractivity contribution in [3.8, 4) is 0 Å². The summed E-state index contributed by atoms with van der Waals surface area (Å²) in [6, 6.07) is 14.7. The Morgan fingerprint density at radius 2 is 2.00 bits per heavy atom. The van der Waals surface area contributed by atoms with Crippen LogP contribution in [0.15, 0.2) is 76.0 Å². The van der Waals surface area contributed by atoms with Crippen LogP contribution in [0.4, 0.5) is 5.69 Å². The molecule has 0 unspecified atom stereocenters. The number of para-hydroxylation sites is 1. The number of ether oxygens (including phenoxy) is 1. The summed E-state index contributed by atoms with van der Waals surface area (Å²) in [6.07, 6.45) is 3.38. The fourth-order valence-corrected chi connectivity index (χ4v) is 3.23. The first kappa shape index (κ1) is 17.0. The van der Waals surface area contributed by atoms with Gasteiger partial charge in [0, 0.05) is 6.20 Å². The van der Waals surface area contributed by atoms with Crippen molar-refractivity contribution in [2.45, 2.75) is 6.92 Å². The summed E-state index contributed by atoms with van der Waals surface area (Å²) in [6.45, 7) is 1.94. The summed E-state index contributed by atoms with van der Waals surface area (Å²) >= 11 is 1.22. The summed E-state index contributed by atoms with van der Waals surface area (Å²) in [5.41, 5.74) is 1.46. The third-order valence-electron chi connectivity index (χ3n) is 3.32. The molecule has 0 aliphatic carbocycles. The number of nitrogens with zero attached hydrogens (tertiary/aromatic N) is 2. The van der Waals surface area contributed by atoms with Gasteiger partial charge in [-0.15, -0.1) is 0 Å². The lowest BCUT2D eigenvalue weighted by Gasteiger charge is -2.03. The minimum atomic E-state index is -0.591. The van der Waals surface area contributed by atoms with Gasteiger partial charge in [-0.1, -0.05) is 36.0 Å². The van der Waals surface area contributed by atoms with Crippen molar-refractivity contribution in [3.63, 3.8) is 0 Å². The second-order valence-corrected chi connectivity index (χ2v) is 6.09. The van der Waals surface area contributed by atoms with Crippen molar-refractivity contribution in [2.24, 2.45) is 4.99 Å². The molecular weight excluding hydrogens is 336 g/mol. The smallest absolute Gasteiger partial charge is 0.344 e. The van der Waals surface area contributed by atoms with E-state index in [0.29, 0.717) is 21.3 Å². The van der Waals surface area contributed by atoms with Gasteiger partial charge in [0.2, 0.25) is 0 Å². The average molecular weight is 352 g/mol. The highest BCUT2D eigenvalue weighted by Crippen LogP contribution is 2.40. The molecule has 25 heavy (non-hydrogen) atoms. The van der Waals surface area contributed by atoms with E-state index in [4.69, 9.17) is 4.74 Å². The summed E-state index contributed by atoms with van der Waals surface area (Å²) in [7, 11) is 0. The number of carbonyl (C=O) groups excluding carboxylic acids is 1. The Hall–Kier alpha value is -2.86. The molecule has 0 saturated carbocycles. The predicted octanol–water partition coefficient (Wildman–Crippen LogP) is 4.27. The summed E-state index contributed by atoms with van der Waals surface area (Å²) in [4.78, 5) is 21.5. The van der Waals surface area contributed by atoms with Crippen molar-refractivity contribution in [1.82, 2.24) is 4.98 Å². The van der Waals surface area contributed by atoms with Gasteiger partial charge in [0.05, 0.1) is 22.9 Å². The molecule has 6 heteroatoms. The molecule has 0 saturated heterocycles. The number of rotatable bonds is 4. The Kier molecular flexibility index (Phi) is 5.30. The van der Waals surface area contributed by atoms with Crippen molar-refractivity contribution in [2.75, 3.05) is 6.61 Å². The molecule has 2 aromatic rings. The van der Waals surface area contributed by atoms with E-state index in [1.54, 1.807) is 19.2 Å². The van der Waals surface area contributed by atoms with Gasteiger partial charge >= 0.3 is 5.97 Å². The average Bonchev–Trinajstić information content (AvgIpc) is 2.92. The summed E-state index contributed by atoms with van der Waals surface area (Å²) in [5, 5.41) is 10.9. The maximum atomic E-state index is 12.3. The number of thioether (sulfide) groups is 1. The molecule has 2 heterocycles. The van der Waals surface area contributed by atoms with E-state index in [-0.39, 0.29) is 17.9 Å². The quantitative estimate of drug-likeness (QED) is 0.832. The van der Waals surface area contributed by atoms with Crippen molar-refractivity contribution in [3.05, 3.63) is 76.7 Å². The van der Waals surface area contributed by atoms with Gasteiger partial charge in [-0.25, -0.2) is 9.79 Å². The van der Waals surface area contributed by atoms with Gasteiger partial charge in [0.15, 0.2) is 0 Å². The number of hydrogen-bond acceptors (Lipinski definition) is 6. The molecule has 1 aromatic carbocycles. The predicted molar refractivity (Wildman–Crippen MR) is 99.6 cm³/mol. The van der Waals surface area contributed by atoms with E-state index in [1.165, 1.54) is 11.8 Å². The number of aliphatic hydroxyl groups excluding tert-OH is 1. The number of carbonyl (C=O) groups is 1. The number of aliphatic hydroxyl groups is 1. The number of benzene rings is 1. The zero-order valence-electron chi connectivity index (χ0n) is 13.5. The van der Waals surface area contributed by atoms with Gasteiger partial charge in [-0.05, 0) is 37.3 Å². The molecule has 3 rings (SSSR count).